The Bertz CT molecular complexity index is 1280. The summed E-state index contributed by atoms with van der Waals surface area (Å²) in [6, 6.07) is 12.7. The lowest BCUT2D eigenvalue weighted by Gasteiger charge is -2.30. The van der Waals surface area contributed by atoms with Crippen molar-refractivity contribution >= 4 is 53.4 Å². The van der Waals surface area contributed by atoms with E-state index in [4.69, 9.17) is 0 Å². The number of nitrogens with zero attached hydrogens (tertiary/aromatic N) is 3. The molecule has 1 aliphatic rings. The number of aromatic nitrogens is 1. The van der Waals surface area contributed by atoms with Crippen LogP contribution in [0.1, 0.15) is 18.4 Å². The van der Waals surface area contributed by atoms with Gasteiger partial charge in [-0.15, -0.1) is 0 Å². The Morgan fingerprint density at radius 2 is 1.93 bits per heavy atom. The molecule has 0 aliphatic carbocycles. The van der Waals surface area contributed by atoms with Gasteiger partial charge in [-0.25, -0.2) is 8.42 Å². The van der Waals surface area contributed by atoms with Crippen molar-refractivity contribution in [1.82, 2.24) is 8.87 Å². The van der Waals surface area contributed by atoms with Gasteiger partial charge in [-0.3, -0.25) is 4.79 Å². The van der Waals surface area contributed by atoms with Crippen molar-refractivity contribution in [2.24, 2.45) is 18.0 Å². The minimum absolute atomic E-state index is 0.164. The van der Waals surface area contributed by atoms with Crippen LogP contribution in [0.15, 0.2) is 56.8 Å². The van der Waals surface area contributed by atoms with Crippen molar-refractivity contribution in [2.75, 3.05) is 13.1 Å². The number of sulfonamides is 1. The van der Waals surface area contributed by atoms with Gasteiger partial charge in [0.2, 0.25) is 10.0 Å². The standard InChI is InChI=1S/C21H22BrN3O3S2/c1-14-8-10-16(11-9-14)30(27,28)25-12-4-5-15(13-25)20(26)23-21-24(2)19-17(22)6-3-7-18(19)29-21/h3,6-11,15H,4-5,12-13H2,1-2H3. The minimum Gasteiger partial charge on any atom is -0.318 e. The number of benzene rings is 2. The van der Waals surface area contributed by atoms with Gasteiger partial charge in [0, 0.05) is 24.6 Å². The fourth-order valence-corrected chi connectivity index (χ4v) is 7.01. The van der Waals surface area contributed by atoms with Crippen LogP contribution in [0.3, 0.4) is 0 Å². The second-order valence-corrected chi connectivity index (χ2v) is 11.3. The van der Waals surface area contributed by atoms with E-state index in [9.17, 15) is 13.2 Å². The molecule has 9 heteroatoms. The van der Waals surface area contributed by atoms with E-state index in [1.54, 1.807) is 24.3 Å². The molecule has 1 aromatic heterocycles. The zero-order valence-corrected chi connectivity index (χ0v) is 19.9. The van der Waals surface area contributed by atoms with Gasteiger partial charge in [0.25, 0.3) is 5.91 Å². The molecule has 30 heavy (non-hydrogen) atoms. The predicted octanol–water partition coefficient (Wildman–Crippen LogP) is 3.84. The lowest BCUT2D eigenvalue weighted by atomic mass is 9.99. The maximum atomic E-state index is 13.0. The van der Waals surface area contributed by atoms with Gasteiger partial charge in [-0.05, 0) is 60.0 Å². The van der Waals surface area contributed by atoms with Gasteiger partial charge in [-0.1, -0.05) is 35.1 Å². The summed E-state index contributed by atoms with van der Waals surface area (Å²) < 4.78 is 31.3. The molecular weight excluding hydrogens is 486 g/mol. The Hall–Kier alpha value is -1.81. The van der Waals surface area contributed by atoms with Gasteiger partial charge in [0.15, 0.2) is 4.80 Å². The molecule has 0 saturated carbocycles. The SMILES string of the molecule is Cc1ccc(S(=O)(=O)N2CCCC(C(=O)N=c3sc4cccc(Br)c4n3C)C2)cc1. The third kappa shape index (κ3) is 4.03. The first-order valence-corrected chi connectivity index (χ1v) is 12.7. The Balaban J connectivity index is 1.60. The normalized spacial score (nSPS) is 18.8. The number of carbonyl (C=O) groups excluding carboxylic acids is 1. The first-order valence-electron chi connectivity index (χ1n) is 9.67. The number of hydrogen-bond donors (Lipinski definition) is 0. The number of hydrogen-bond acceptors (Lipinski definition) is 4. The van der Waals surface area contributed by atoms with E-state index in [1.165, 1.54) is 15.6 Å². The number of rotatable bonds is 3. The van der Waals surface area contributed by atoms with Gasteiger partial charge < -0.3 is 4.57 Å². The smallest absolute Gasteiger partial charge is 0.252 e. The highest BCUT2D eigenvalue weighted by Gasteiger charge is 2.33. The van der Waals surface area contributed by atoms with E-state index in [0.717, 1.165) is 20.3 Å². The molecular formula is C21H22BrN3O3S2. The molecule has 2 aromatic carbocycles. The molecule has 0 bridgehead atoms. The third-order valence-corrected chi connectivity index (χ3v) is 8.99. The molecule has 0 radical (unpaired) electrons. The topological polar surface area (TPSA) is 71.7 Å². The molecule has 1 atom stereocenters. The van der Waals surface area contributed by atoms with Crippen LogP contribution in [0.25, 0.3) is 10.2 Å². The Labute approximate surface area is 188 Å². The zero-order valence-electron chi connectivity index (χ0n) is 16.7. The number of aryl methyl sites for hydroxylation is 2. The second kappa shape index (κ2) is 8.37. The number of amides is 1. The van der Waals surface area contributed by atoms with Crippen molar-refractivity contribution in [3.05, 3.63) is 57.3 Å². The minimum atomic E-state index is -3.62. The monoisotopic (exact) mass is 507 g/mol. The van der Waals surface area contributed by atoms with E-state index >= 15 is 0 Å². The Morgan fingerprint density at radius 3 is 2.63 bits per heavy atom. The van der Waals surface area contributed by atoms with Crippen LogP contribution in [-0.2, 0) is 21.9 Å². The fourth-order valence-electron chi connectivity index (χ4n) is 3.67. The predicted molar refractivity (Wildman–Crippen MR) is 122 cm³/mol. The average Bonchev–Trinajstić information content (AvgIpc) is 3.05. The maximum absolute atomic E-state index is 13.0. The largest absolute Gasteiger partial charge is 0.318 e. The number of para-hydroxylation sites is 1. The van der Waals surface area contributed by atoms with Crippen LogP contribution >= 0.6 is 27.3 Å². The number of carbonyl (C=O) groups is 1. The molecule has 0 N–H and O–H groups in total. The average molecular weight is 508 g/mol. The van der Waals surface area contributed by atoms with E-state index in [2.05, 4.69) is 20.9 Å². The van der Waals surface area contributed by atoms with Crippen LogP contribution in [0.5, 0.6) is 0 Å². The lowest BCUT2D eigenvalue weighted by Crippen LogP contribution is -2.42. The molecule has 1 aliphatic heterocycles. The first kappa shape index (κ1) is 21.4. The molecule has 158 valence electrons. The van der Waals surface area contributed by atoms with Crippen LogP contribution < -0.4 is 4.80 Å². The molecule has 2 heterocycles. The highest BCUT2D eigenvalue weighted by molar-refractivity contribution is 9.10. The number of thiazole rings is 1. The quantitative estimate of drug-likeness (QED) is 0.540. The maximum Gasteiger partial charge on any atom is 0.252 e. The van der Waals surface area contributed by atoms with Gasteiger partial charge in [-0.2, -0.15) is 9.30 Å². The van der Waals surface area contributed by atoms with Crippen LogP contribution in [-0.4, -0.2) is 36.3 Å². The van der Waals surface area contributed by atoms with Gasteiger partial charge in [0.1, 0.15) is 0 Å². The summed E-state index contributed by atoms with van der Waals surface area (Å²) in [5, 5.41) is 0. The van der Waals surface area contributed by atoms with Gasteiger partial charge in [0.05, 0.1) is 21.0 Å². The van der Waals surface area contributed by atoms with Crippen molar-refractivity contribution in [3.63, 3.8) is 0 Å². The molecule has 4 rings (SSSR count). The third-order valence-electron chi connectivity index (χ3n) is 5.37. The Kier molecular flexibility index (Phi) is 5.98. The molecule has 1 saturated heterocycles. The van der Waals surface area contributed by atoms with Gasteiger partial charge >= 0.3 is 0 Å². The van der Waals surface area contributed by atoms with Crippen molar-refractivity contribution in [3.8, 4) is 0 Å². The van der Waals surface area contributed by atoms with E-state index in [-0.39, 0.29) is 17.3 Å². The molecule has 6 nitrogen and oxygen atoms in total. The zero-order chi connectivity index (χ0) is 21.5. The van der Waals surface area contributed by atoms with Crippen LogP contribution in [0.4, 0.5) is 0 Å². The highest BCUT2D eigenvalue weighted by Crippen LogP contribution is 2.26. The molecule has 1 fully saturated rings. The summed E-state index contributed by atoms with van der Waals surface area (Å²) in [6.07, 6.45) is 1.28. The second-order valence-electron chi connectivity index (χ2n) is 7.50. The summed E-state index contributed by atoms with van der Waals surface area (Å²) in [7, 11) is -1.74. The van der Waals surface area contributed by atoms with E-state index in [1.807, 2.05) is 36.7 Å². The van der Waals surface area contributed by atoms with Crippen LogP contribution in [0, 0.1) is 12.8 Å². The summed E-state index contributed by atoms with van der Waals surface area (Å²) in [5.74, 6) is -0.704. The number of halogens is 1. The number of piperidine rings is 1. The summed E-state index contributed by atoms with van der Waals surface area (Å²) >= 11 is 4.99. The van der Waals surface area contributed by atoms with Crippen molar-refractivity contribution in [1.29, 1.82) is 0 Å². The molecule has 3 aromatic rings. The molecule has 1 unspecified atom stereocenters. The lowest BCUT2D eigenvalue weighted by molar-refractivity contribution is -0.122. The van der Waals surface area contributed by atoms with E-state index < -0.39 is 15.9 Å². The summed E-state index contributed by atoms with van der Waals surface area (Å²) in [6.45, 7) is 2.50. The summed E-state index contributed by atoms with van der Waals surface area (Å²) in [5.41, 5.74) is 1.99. The highest BCUT2D eigenvalue weighted by atomic mass is 79.9. The first-order chi connectivity index (χ1) is 14.3. The van der Waals surface area contributed by atoms with E-state index in [0.29, 0.717) is 24.2 Å². The van der Waals surface area contributed by atoms with Crippen LogP contribution in [0.2, 0.25) is 0 Å². The Morgan fingerprint density at radius 1 is 1.20 bits per heavy atom. The van der Waals surface area contributed by atoms with Crippen molar-refractivity contribution in [2.45, 2.75) is 24.7 Å². The number of fused-ring (bicyclic) bond motifs is 1. The molecule has 0 spiro atoms. The summed E-state index contributed by atoms with van der Waals surface area (Å²) in [4.78, 5) is 18.2. The molecule has 1 amide bonds. The van der Waals surface area contributed by atoms with Crippen molar-refractivity contribution < 1.29 is 13.2 Å². The fraction of sp³-hybridized carbons (Fsp3) is 0.333.